The second kappa shape index (κ2) is 6.39. The molecule has 1 atom stereocenters. The number of hydrogen-bond acceptors (Lipinski definition) is 1. The number of ether oxygens (including phenoxy) is 1. The summed E-state index contributed by atoms with van der Waals surface area (Å²) >= 11 is 3.43. The summed E-state index contributed by atoms with van der Waals surface area (Å²) in [7, 11) is 0. The van der Waals surface area contributed by atoms with E-state index in [0.717, 1.165) is 21.3 Å². The molecule has 0 saturated carbocycles. The van der Waals surface area contributed by atoms with Crippen LogP contribution in [-0.4, -0.2) is 0 Å². The summed E-state index contributed by atoms with van der Waals surface area (Å²) in [6.07, 6.45) is 3.41. The largest absolute Gasteiger partial charge is 0.481 e. The van der Waals surface area contributed by atoms with E-state index in [1.165, 1.54) is 0 Å². The number of rotatable bonds is 5. The van der Waals surface area contributed by atoms with Crippen molar-refractivity contribution in [3.8, 4) is 5.75 Å². The fraction of sp³-hybridized carbons (Fsp3) is 0.0588. The van der Waals surface area contributed by atoms with E-state index in [9.17, 15) is 0 Å². The van der Waals surface area contributed by atoms with Crippen LogP contribution in [0.15, 0.2) is 72.2 Å². The summed E-state index contributed by atoms with van der Waals surface area (Å²) < 4.78 is 7.05. The third-order valence-corrected chi connectivity index (χ3v) is 3.33. The van der Waals surface area contributed by atoms with Gasteiger partial charge in [0.25, 0.3) is 0 Å². The van der Waals surface area contributed by atoms with Gasteiger partial charge in [-0.1, -0.05) is 65.5 Å². The van der Waals surface area contributed by atoms with E-state index in [-0.39, 0.29) is 6.10 Å². The molecule has 1 nitrogen and oxygen atoms in total. The molecule has 0 unspecified atom stereocenters. The SMILES string of the molecule is C=Cc1ccccc1O[C@@H](C=C)c1ccc(Br)cc1. The summed E-state index contributed by atoms with van der Waals surface area (Å²) in [6.45, 7) is 7.65. The highest BCUT2D eigenvalue weighted by Gasteiger charge is 2.10. The van der Waals surface area contributed by atoms with Crippen LogP contribution >= 0.6 is 15.9 Å². The summed E-state index contributed by atoms with van der Waals surface area (Å²) in [6, 6.07) is 15.9. The molecular weight excluding hydrogens is 300 g/mol. The van der Waals surface area contributed by atoms with Gasteiger partial charge in [0.2, 0.25) is 0 Å². The molecule has 2 rings (SSSR count). The summed E-state index contributed by atoms with van der Waals surface area (Å²) in [4.78, 5) is 0. The van der Waals surface area contributed by atoms with Crippen LogP contribution in [0.25, 0.3) is 6.08 Å². The predicted octanol–water partition coefficient (Wildman–Crippen LogP) is 5.40. The van der Waals surface area contributed by atoms with Crippen LogP contribution in [0.1, 0.15) is 17.2 Å². The molecule has 2 aromatic rings. The first-order valence-electron chi connectivity index (χ1n) is 6.00. The van der Waals surface area contributed by atoms with Crippen molar-refractivity contribution in [2.45, 2.75) is 6.10 Å². The van der Waals surface area contributed by atoms with E-state index in [2.05, 4.69) is 29.1 Å². The van der Waals surface area contributed by atoms with Gasteiger partial charge in [-0.25, -0.2) is 0 Å². The summed E-state index contributed by atoms with van der Waals surface area (Å²) in [5, 5.41) is 0. The molecule has 0 heterocycles. The molecule has 0 fully saturated rings. The van der Waals surface area contributed by atoms with Crippen LogP contribution in [0.2, 0.25) is 0 Å². The van der Waals surface area contributed by atoms with E-state index in [4.69, 9.17) is 4.74 Å². The van der Waals surface area contributed by atoms with Crippen LogP contribution in [0.3, 0.4) is 0 Å². The maximum Gasteiger partial charge on any atom is 0.142 e. The Balaban J connectivity index is 2.26. The van der Waals surface area contributed by atoms with E-state index >= 15 is 0 Å². The fourth-order valence-electron chi connectivity index (χ4n) is 1.80. The molecule has 0 radical (unpaired) electrons. The number of halogens is 1. The highest BCUT2D eigenvalue weighted by atomic mass is 79.9. The number of para-hydroxylation sites is 1. The zero-order valence-corrected chi connectivity index (χ0v) is 12.1. The molecule has 2 heteroatoms. The number of benzene rings is 2. The molecular formula is C17H15BrO. The standard InChI is InChI=1S/C17H15BrO/c1-3-13-7-5-6-8-17(13)19-16(4-2)14-9-11-15(18)12-10-14/h3-12,16H,1-2H2/t16-/m0/s1. The zero-order valence-electron chi connectivity index (χ0n) is 10.6. The third-order valence-electron chi connectivity index (χ3n) is 2.81. The molecule has 0 N–H and O–H groups in total. The minimum Gasteiger partial charge on any atom is -0.481 e. The molecule has 0 bridgehead atoms. The van der Waals surface area contributed by atoms with Crippen molar-refractivity contribution < 1.29 is 4.74 Å². The van der Waals surface area contributed by atoms with Gasteiger partial charge in [0.15, 0.2) is 0 Å². The quantitative estimate of drug-likeness (QED) is 0.671. The van der Waals surface area contributed by atoms with Gasteiger partial charge in [0, 0.05) is 10.0 Å². The van der Waals surface area contributed by atoms with E-state index in [1.54, 1.807) is 12.2 Å². The van der Waals surface area contributed by atoms with Gasteiger partial charge >= 0.3 is 0 Å². The zero-order chi connectivity index (χ0) is 13.7. The summed E-state index contributed by atoms with van der Waals surface area (Å²) in [5.41, 5.74) is 2.04. The first-order valence-corrected chi connectivity index (χ1v) is 6.80. The Kier molecular flexibility index (Phi) is 4.58. The summed E-state index contributed by atoms with van der Waals surface area (Å²) in [5.74, 6) is 0.810. The molecule has 0 amide bonds. The van der Waals surface area contributed by atoms with E-state index in [0.29, 0.717) is 0 Å². The highest BCUT2D eigenvalue weighted by molar-refractivity contribution is 9.10. The first kappa shape index (κ1) is 13.6. The molecule has 2 aromatic carbocycles. The van der Waals surface area contributed by atoms with Crippen molar-refractivity contribution in [3.63, 3.8) is 0 Å². The Bertz CT molecular complexity index is 572. The molecule has 0 spiro atoms. The average molecular weight is 315 g/mol. The lowest BCUT2D eigenvalue weighted by molar-refractivity contribution is 0.255. The highest BCUT2D eigenvalue weighted by Crippen LogP contribution is 2.27. The van der Waals surface area contributed by atoms with Gasteiger partial charge < -0.3 is 4.74 Å². The molecule has 0 aliphatic rings. The van der Waals surface area contributed by atoms with Crippen molar-refractivity contribution in [1.82, 2.24) is 0 Å². The van der Waals surface area contributed by atoms with Crippen LogP contribution in [0.5, 0.6) is 5.75 Å². The van der Waals surface area contributed by atoms with Gasteiger partial charge in [-0.05, 0) is 29.8 Å². The number of hydrogen-bond donors (Lipinski definition) is 0. The molecule has 0 aromatic heterocycles. The first-order chi connectivity index (χ1) is 9.24. The van der Waals surface area contributed by atoms with Gasteiger partial charge in [0.1, 0.15) is 11.9 Å². The topological polar surface area (TPSA) is 9.23 Å². The maximum absolute atomic E-state index is 6.01. The minimum atomic E-state index is -0.172. The Morgan fingerprint density at radius 3 is 2.32 bits per heavy atom. The smallest absolute Gasteiger partial charge is 0.142 e. The second-order valence-electron chi connectivity index (χ2n) is 4.07. The molecule has 0 aliphatic carbocycles. The Hall–Kier alpha value is -1.80. The molecule has 0 saturated heterocycles. The van der Waals surface area contributed by atoms with Crippen LogP contribution in [0, 0.1) is 0 Å². The monoisotopic (exact) mass is 314 g/mol. The van der Waals surface area contributed by atoms with Crippen LogP contribution < -0.4 is 4.74 Å². The van der Waals surface area contributed by atoms with Gasteiger partial charge in [0.05, 0.1) is 0 Å². The van der Waals surface area contributed by atoms with Gasteiger partial charge in [-0.2, -0.15) is 0 Å². The Labute approximate surface area is 122 Å². The lowest BCUT2D eigenvalue weighted by Gasteiger charge is -2.17. The van der Waals surface area contributed by atoms with Crippen molar-refractivity contribution in [2.24, 2.45) is 0 Å². The van der Waals surface area contributed by atoms with Crippen molar-refractivity contribution >= 4 is 22.0 Å². The Morgan fingerprint density at radius 2 is 1.68 bits per heavy atom. The van der Waals surface area contributed by atoms with Crippen molar-refractivity contribution in [3.05, 3.63) is 83.4 Å². The second-order valence-corrected chi connectivity index (χ2v) is 4.98. The van der Waals surface area contributed by atoms with Gasteiger partial charge in [-0.3, -0.25) is 0 Å². The Morgan fingerprint density at radius 1 is 1.00 bits per heavy atom. The van der Waals surface area contributed by atoms with Gasteiger partial charge in [-0.15, -0.1) is 0 Å². The molecule has 96 valence electrons. The molecule has 19 heavy (non-hydrogen) atoms. The van der Waals surface area contributed by atoms with Crippen molar-refractivity contribution in [1.29, 1.82) is 0 Å². The van der Waals surface area contributed by atoms with Crippen LogP contribution in [0.4, 0.5) is 0 Å². The lowest BCUT2D eigenvalue weighted by atomic mass is 10.1. The third kappa shape index (κ3) is 3.36. The lowest BCUT2D eigenvalue weighted by Crippen LogP contribution is -2.05. The van der Waals surface area contributed by atoms with Crippen molar-refractivity contribution in [2.75, 3.05) is 0 Å². The molecule has 0 aliphatic heterocycles. The fourth-order valence-corrected chi connectivity index (χ4v) is 2.06. The van der Waals surface area contributed by atoms with E-state index in [1.807, 2.05) is 48.5 Å². The maximum atomic E-state index is 6.01. The van der Waals surface area contributed by atoms with E-state index < -0.39 is 0 Å². The van der Waals surface area contributed by atoms with Crippen LogP contribution in [-0.2, 0) is 0 Å². The average Bonchev–Trinajstić information content (AvgIpc) is 2.46. The normalized spacial score (nSPS) is 11.6. The minimum absolute atomic E-state index is 0.172. The predicted molar refractivity (Wildman–Crippen MR) is 84.2 cm³/mol.